The highest BCUT2D eigenvalue weighted by molar-refractivity contribution is 5.02. The van der Waals surface area contributed by atoms with Gasteiger partial charge in [-0.2, -0.15) is 0 Å². The lowest BCUT2D eigenvalue weighted by Gasteiger charge is -2.45. The van der Waals surface area contributed by atoms with Crippen LogP contribution in [0.25, 0.3) is 0 Å². The highest BCUT2D eigenvalue weighted by Gasteiger charge is 2.47. The van der Waals surface area contributed by atoms with E-state index in [4.69, 9.17) is 5.73 Å². The van der Waals surface area contributed by atoms with E-state index in [1.165, 1.54) is 38.6 Å². The zero-order chi connectivity index (χ0) is 10.2. The summed E-state index contributed by atoms with van der Waals surface area (Å²) in [5.41, 5.74) is 6.40. The Hall–Kier alpha value is -0.0800. The molecular formula is C12H24N2. The van der Waals surface area contributed by atoms with Gasteiger partial charge in [-0.05, 0) is 64.1 Å². The minimum absolute atomic E-state index is 0.487. The van der Waals surface area contributed by atoms with Crippen LogP contribution < -0.4 is 5.73 Å². The molecule has 1 aliphatic heterocycles. The maximum absolute atomic E-state index is 5.91. The molecule has 1 atom stereocenters. The quantitative estimate of drug-likeness (QED) is 0.693. The molecule has 1 heterocycles. The Morgan fingerprint density at radius 2 is 1.93 bits per heavy atom. The topological polar surface area (TPSA) is 29.3 Å². The third-order valence-electron chi connectivity index (χ3n) is 4.76. The maximum atomic E-state index is 5.91. The summed E-state index contributed by atoms with van der Waals surface area (Å²) in [5.74, 6) is 1.70. The molecule has 14 heavy (non-hydrogen) atoms. The number of hydrogen-bond acceptors (Lipinski definition) is 2. The fourth-order valence-electron chi connectivity index (χ4n) is 3.54. The van der Waals surface area contributed by atoms with E-state index in [0.717, 1.165) is 18.4 Å². The first-order valence-electron chi connectivity index (χ1n) is 6.10. The molecule has 0 radical (unpaired) electrons. The number of hydrogen-bond donors (Lipinski definition) is 1. The summed E-state index contributed by atoms with van der Waals surface area (Å²) in [6.07, 6.45) is 6.89. The van der Waals surface area contributed by atoms with Crippen molar-refractivity contribution in [3.05, 3.63) is 0 Å². The average Bonchev–Trinajstić information content (AvgIpc) is 2.49. The monoisotopic (exact) mass is 196 g/mol. The molecule has 2 heteroatoms. The van der Waals surface area contributed by atoms with E-state index in [9.17, 15) is 0 Å². The predicted octanol–water partition coefficient (Wildman–Crippen LogP) is 1.85. The molecule has 0 bridgehead atoms. The van der Waals surface area contributed by atoms with E-state index in [0.29, 0.717) is 5.54 Å². The van der Waals surface area contributed by atoms with Crippen LogP contribution >= 0.6 is 0 Å². The minimum atomic E-state index is 0.487. The van der Waals surface area contributed by atoms with E-state index >= 15 is 0 Å². The molecule has 0 aromatic carbocycles. The largest absolute Gasteiger partial charge is 0.330 e. The van der Waals surface area contributed by atoms with E-state index < -0.39 is 0 Å². The van der Waals surface area contributed by atoms with Crippen LogP contribution in [0.1, 0.15) is 39.0 Å². The molecule has 1 aliphatic carbocycles. The highest BCUT2D eigenvalue weighted by Crippen LogP contribution is 2.45. The Kier molecular flexibility index (Phi) is 2.85. The van der Waals surface area contributed by atoms with Crippen molar-refractivity contribution >= 4 is 0 Å². The van der Waals surface area contributed by atoms with Gasteiger partial charge in [-0.1, -0.05) is 6.92 Å². The Morgan fingerprint density at radius 1 is 1.29 bits per heavy atom. The van der Waals surface area contributed by atoms with Crippen molar-refractivity contribution in [3.8, 4) is 0 Å². The lowest BCUT2D eigenvalue weighted by Crippen LogP contribution is -2.50. The van der Waals surface area contributed by atoms with Crippen LogP contribution in [0.4, 0.5) is 0 Å². The Bertz CT molecular complexity index is 194. The van der Waals surface area contributed by atoms with Gasteiger partial charge in [-0.15, -0.1) is 0 Å². The SMILES string of the molecule is CC1CCC2(CC1)C(CN)CCN2C. The lowest BCUT2D eigenvalue weighted by molar-refractivity contribution is 0.0668. The Morgan fingerprint density at radius 3 is 2.50 bits per heavy atom. The molecule has 2 N–H and O–H groups in total. The molecule has 0 aromatic heterocycles. The van der Waals surface area contributed by atoms with Crippen LogP contribution in [0.2, 0.25) is 0 Å². The smallest absolute Gasteiger partial charge is 0.0247 e. The fourth-order valence-corrected chi connectivity index (χ4v) is 3.54. The average molecular weight is 196 g/mol. The van der Waals surface area contributed by atoms with Gasteiger partial charge in [0.1, 0.15) is 0 Å². The molecule has 2 aliphatic rings. The van der Waals surface area contributed by atoms with Crippen LogP contribution in [0.5, 0.6) is 0 Å². The summed E-state index contributed by atoms with van der Waals surface area (Å²) in [6, 6.07) is 0. The summed E-state index contributed by atoms with van der Waals surface area (Å²) < 4.78 is 0. The molecule has 2 fully saturated rings. The number of likely N-dealkylation sites (tertiary alicyclic amines) is 1. The van der Waals surface area contributed by atoms with Gasteiger partial charge in [0, 0.05) is 5.54 Å². The molecule has 1 unspecified atom stereocenters. The second kappa shape index (κ2) is 3.82. The molecule has 1 spiro atoms. The normalized spacial score (nSPS) is 44.8. The van der Waals surface area contributed by atoms with Gasteiger partial charge in [-0.3, -0.25) is 0 Å². The standard InChI is InChI=1S/C12H24N2/c1-10-3-6-12(7-4-10)11(9-13)5-8-14(12)2/h10-11H,3-9,13H2,1-2H3. The molecule has 0 aromatic rings. The number of rotatable bonds is 1. The fraction of sp³-hybridized carbons (Fsp3) is 1.00. The third-order valence-corrected chi connectivity index (χ3v) is 4.76. The van der Waals surface area contributed by atoms with Crippen molar-refractivity contribution in [2.24, 2.45) is 17.6 Å². The Labute approximate surface area is 87.8 Å². The van der Waals surface area contributed by atoms with Crippen molar-refractivity contribution in [1.82, 2.24) is 4.90 Å². The van der Waals surface area contributed by atoms with Gasteiger partial charge in [0.2, 0.25) is 0 Å². The van der Waals surface area contributed by atoms with Gasteiger partial charge >= 0.3 is 0 Å². The van der Waals surface area contributed by atoms with Gasteiger partial charge < -0.3 is 10.6 Å². The first kappa shape index (κ1) is 10.4. The van der Waals surface area contributed by atoms with E-state index in [1.807, 2.05) is 0 Å². The van der Waals surface area contributed by atoms with E-state index in [-0.39, 0.29) is 0 Å². The molecule has 0 amide bonds. The summed E-state index contributed by atoms with van der Waals surface area (Å²) in [5, 5.41) is 0. The second-order valence-electron chi connectivity index (χ2n) is 5.43. The summed E-state index contributed by atoms with van der Waals surface area (Å²) in [4.78, 5) is 2.59. The zero-order valence-corrected chi connectivity index (χ0v) is 9.63. The van der Waals surface area contributed by atoms with Crippen molar-refractivity contribution < 1.29 is 0 Å². The highest BCUT2D eigenvalue weighted by atomic mass is 15.2. The summed E-state index contributed by atoms with van der Waals surface area (Å²) >= 11 is 0. The first-order chi connectivity index (χ1) is 6.69. The molecule has 1 saturated heterocycles. The molecule has 2 nitrogen and oxygen atoms in total. The van der Waals surface area contributed by atoms with E-state index in [2.05, 4.69) is 18.9 Å². The van der Waals surface area contributed by atoms with Crippen LogP contribution in [0.3, 0.4) is 0 Å². The molecular weight excluding hydrogens is 172 g/mol. The van der Waals surface area contributed by atoms with Gasteiger partial charge in [0.25, 0.3) is 0 Å². The third kappa shape index (κ3) is 1.49. The molecule has 1 saturated carbocycles. The van der Waals surface area contributed by atoms with Crippen molar-refractivity contribution in [2.75, 3.05) is 20.1 Å². The van der Waals surface area contributed by atoms with Gasteiger partial charge in [0.15, 0.2) is 0 Å². The zero-order valence-electron chi connectivity index (χ0n) is 9.63. The molecule has 82 valence electrons. The summed E-state index contributed by atoms with van der Waals surface area (Å²) in [7, 11) is 2.30. The number of nitrogens with two attached hydrogens (primary N) is 1. The van der Waals surface area contributed by atoms with Gasteiger partial charge in [-0.25, -0.2) is 0 Å². The van der Waals surface area contributed by atoms with Crippen LogP contribution in [0, 0.1) is 11.8 Å². The first-order valence-corrected chi connectivity index (χ1v) is 6.10. The summed E-state index contributed by atoms with van der Waals surface area (Å²) in [6.45, 7) is 4.54. The Balaban J connectivity index is 2.11. The minimum Gasteiger partial charge on any atom is -0.330 e. The second-order valence-corrected chi connectivity index (χ2v) is 5.43. The molecule has 2 rings (SSSR count). The maximum Gasteiger partial charge on any atom is 0.0247 e. The van der Waals surface area contributed by atoms with Crippen molar-refractivity contribution in [2.45, 2.75) is 44.6 Å². The van der Waals surface area contributed by atoms with Gasteiger partial charge in [0.05, 0.1) is 0 Å². The van der Waals surface area contributed by atoms with Crippen molar-refractivity contribution in [3.63, 3.8) is 0 Å². The van der Waals surface area contributed by atoms with Crippen LogP contribution in [0.15, 0.2) is 0 Å². The van der Waals surface area contributed by atoms with Crippen LogP contribution in [-0.2, 0) is 0 Å². The number of nitrogens with zero attached hydrogens (tertiary/aromatic N) is 1. The predicted molar refractivity (Wildman–Crippen MR) is 60.2 cm³/mol. The van der Waals surface area contributed by atoms with E-state index in [1.54, 1.807) is 0 Å². The van der Waals surface area contributed by atoms with Crippen molar-refractivity contribution in [1.29, 1.82) is 0 Å². The lowest BCUT2D eigenvalue weighted by atomic mass is 9.70. The van der Waals surface area contributed by atoms with Crippen LogP contribution in [-0.4, -0.2) is 30.6 Å².